The minimum atomic E-state index is -4.51. The fourth-order valence-corrected chi connectivity index (χ4v) is 3.36. The van der Waals surface area contributed by atoms with Crippen molar-refractivity contribution < 1.29 is 27.9 Å². The second-order valence-electron chi connectivity index (χ2n) is 7.09. The molecule has 0 saturated carbocycles. The molecule has 4 rings (SSSR count). The van der Waals surface area contributed by atoms with Crippen molar-refractivity contribution in [1.29, 1.82) is 0 Å². The molecule has 3 N–H and O–H groups in total. The lowest BCUT2D eigenvalue weighted by molar-refractivity contribution is -0.137. The number of anilines is 2. The predicted molar refractivity (Wildman–Crippen MR) is 115 cm³/mol. The van der Waals surface area contributed by atoms with Crippen molar-refractivity contribution >= 4 is 34.3 Å². The molecule has 2 amide bonds. The monoisotopic (exact) mass is 455 g/mol. The molecule has 11 heteroatoms. The summed E-state index contributed by atoms with van der Waals surface area (Å²) in [7, 11) is 1.62. The number of pyridine rings is 1. The second-order valence-corrected chi connectivity index (χ2v) is 7.09. The number of aryl methyl sites for hydroxylation is 1. The summed E-state index contributed by atoms with van der Waals surface area (Å²) < 4.78 is 39.9. The van der Waals surface area contributed by atoms with E-state index in [0.717, 1.165) is 12.1 Å². The lowest BCUT2D eigenvalue weighted by Gasteiger charge is -2.11. The van der Waals surface area contributed by atoms with Crippen LogP contribution in [0.2, 0.25) is 0 Å². The Morgan fingerprint density at radius 2 is 1.70 bits per heavy atom. The molecule has 0 radical (unpaired) electrons. The molecule has 0 fully saturated rings. The normalized spacial score (nSPS) is 11.4. The number of benzene rings is 2. The number of hydrogen-bond donors (Lipinski definition) is 3. The molecule has 0 unspecified atom stereocenters. The highest BCUT2D eigenvalue weighted by molar-refractivity contribution is 6.05. The molecule has 0 spiro atoms. The number of nitrogens with zero attached hydrogens (tertiary/aromatic N) is 3. The van der Waals surface area contributed by atoms with Gasteiger partial charge in [0.05, 0.1) is 11.8 Å². The highest BCUT2D eigenvalue weighted by Crippen LogP contribution is 2.31. The molecule has 168 valence electrons. The van der Waals surface area contributed by atoms with E-state index in [4.69, 9.17) is 0 Å². The Balaban J connectivity index is 1.52. The number of aromatic nitrogens is 3. The minimum Gasteiger partial charge on any atom is -0.476 e. The summed E-state index contributed by atoms with van der Waals surface area (Å²) in [6.45, 7) is 0. The summed E-state index contributed by atoms with van der Waals surface area (Å²) in [5.74, 6) is -1.17. The van der Waals surface area contributed by atoms with E-state index in [0.29, 0.717) is 27.7 Å². The van der Waals surface area contributed by atoms with E-state index in [-0.39, 0.29) is 11.4 Å². The fraction of sp³-hybridized carbons (Fsp3) is 0.0909. The van der Waals surface area contributed by atoms with E-state index >= 15 is 0 Å². The number of amides is 2. The Bertz CT molecular complexity index is 1360. The molecule has 8 nitrogen and oxygen atoms in total. The Labute approximate surface area is 184 Å². The van der Waals surface area contributed by atoms with Crippen LogP contribution in [0.4, 0.5) is 29.3 Å². The van der Waals surface area contributed by atoms with Crippen molar-refractivity contribution in [1.82, 2.24) is 14.8 Å². The molecule has 0 aliphatic rings. The van der Waals surface area contributed by atoms with Crippen LogP contribution < -0.4 is 10.6 Å². The maximum atomic E-state index is 12.8. The summed E-state index contributed by atoms with van der Waals surface area (Å²) in [5, 5.41) is 19.0. The predicted octanol–water partition coefficient (Wildman–Crippen LogP) is 5.00. The summed E-state index contributed by atoms with van der Waals surface area (Å²) >= 11 is 0. The molecule has 0 bridgehead atoms. The highest BCUT2D eigenvalue weighted by Gasteiger charge is 2.30. The van der Waals surface area contributed by atoms with Gasteiger partial charge in [-0.3, -0.25) is 4.68 Å². The fourth-order valence-electron chi connectivity index (χ4n) is 3.36. The molecule has 0 saturated heterocycles. The van der Waals surface area contributed by atoms with Gasteiger partial charge in [0.25, 0.3) is 0 Å². The van der Waals surface area contributed by atoms with Gasteiger partial charge in [-0.15, -0.1) is 0 Å². The van der Waals surface area contributed by atoms with Gasteiger partial charge in [0.2, 0.25) is 0 Å². The van der Waals surface area contributed by atoms with E-state index in [2.05, 4.69) is 20.7 Å². The average molecular weight is 455 g/mol. The van der Waals surface area contributed by atoms with Gasteiger partial charge >= 0.3 is 18.2 Å². The van der Waals surface area contributed by atoms with Gasteiger partial charge in [-0.1, -0.05) is 18.2 Å². The van der Waals surface area contributed by atoms with Gasteiger partial charge in [-0.25, -0.2) is 14.6 Å². The van der Waals surface area contributed by atoms with Crippen molar-refractivity contribution in [3.8, 4) is 11.1 Å². The first-order chi connectivity index (χ1) is 15.6. The number of carbonyl (C=O) groups excluding carboxylic acids is 1. The van der Waals surface area contributed by atoms with Crippen molar-refractivity contribution in [2.24, 2.45) is 7.05 Å². The third-order valence-corrected chi connectivity index (χ3v) is 4.88. The van der Waals surface area contributed by atoms with Crippen LogP contribution in [-0.4, -0.2) is 31.9 Å². The molecule has 0 atom stereocenters. The largest absolute Gasteiger partial charge is 0.476 e. The summed E-state index contributed by atoms with van der Waals surface area (Å²) in [4.78, 5) is 27.7. The van der Waals surface area contributed by atoms with E-state index < -0.39 is 23.7 Å². The first-order valence-electron chi connectivity index (χ1n) is 9.53. The number of alkyl halides is 3. The number of carbonyl (C=O) groups is 2. The minimum absolute atomic E-state index is 0.00232. The summed E-state index contributed by atoms with van der Waals surface area (Å²) in [6.07, 6.45) is -1.52. The highest BCUT2D eigenvalue weighted by atomic mass is 19.4. The molecular formula is C22H16F3N5O3. The summed E-state index contributed by atoms with van der Waals surface area (Å²) in [6, 6.07) is 10.2. The molecule has 33 heavy (non-hydrogen) atoms. The van der Waals surface area contributed by atoms with Crippen molar-refractivity contribution in [3.05, 3.63) is 72.2 Å². The molecule has 0 aliphatic heterocycles. The standard InChI is InChI=1S/C22H16F3N5O3/c1-30-19-17(11-27-30)16(10-26-18(19)20(31)32)12-5-7-14(8-6-12)28-21(33)29-15-4-2-3-13(9-15)22(23,24)25/h2-11H,1H3,(H,31,32)(H2,28,29,33). The van der Waals surface area contributed by atoms with E-state index in [1.165, 1.54) is 23.0 Å². The van der Waals surface area contributed by atoms with Crippen LogP contribution in [0.1, 0.15) is 16.1 Å². The zero-order valence-electron chi connectivity index (χ0n) is 17.0. The average Bonchev–Trinajstić information content (AvgIpc) is 3.15. The lowest BCUT2D eigenvalue weighted by atomic mass is 10.0. The van der Waals surface area contributed by atoms with E-state index in [1.54, 1.807) is 37.5 Å². The van der Waals surface area contributed by atoms with Crippen LogP contribution >= 0.6 is 0 Å². The van der Waals surface area contributed by atoms with E-state index in [9.17, 15) is 27.9 Å². The maximum absolute atomic E-state index is 12.8. The van der Waals surface area contributed by atoms with Gasteiger partial charge < -0.3 is 15.7 Å². The molecule has 2 aromatic carbocycles. The van der Waals surface area contributed by atoms with Crippen LogP contribution in [0.15, 0.2) is 60.9 Å². The molecule has 4 aromatic rings. The quantitative estimate of drug-likeness (QED) is 0.401. The molecule has 2 aromatic heterocycles. The van der Waals surface area contributed by atoms with Crippen LogP contribution in [0.25, 0.3) is 22.0 Å². The number of fused-ring (bicyclic) bond motifs is 1. The van der Waals surface area contributed by atoms with Gasteiger partial charge in [0.1, 0.15) is 5.52 Å². The van der Waals surface area contributed by atoms with Crippen LogP contribution in [0.3, 0.4) is 0 Å². The molecule has 2 heterocycles. The Morgan fingerprint density at radius 3 is 2.36 bits per heavy atom. The Hall–Kier alpha value is -4.41. The van der Waals surface area contributed by atoms with Gasteiger partial charge in [0.15, 0.2) is 5.69 Å². The van der Waals surface area contributed by atoms with Crippen molar-refractivity contribution in [3.63, 3.8) is 0 Å². The second kappa shape index (κ2) is 8.26. The van der Waals surface area contributed by atoms with Crippen LogP contribution in [0, 0.1) is 0 Å². The van der Waals surface area contributed by atoms with E-state index in [1.807, 2.05) is 0 Å². The number of carboxylic acids is 1. The van der Waals surface area contributed by atoms with Crippen molar-refractivity contribution in [2.75, 3.05) is 10.6 Å². The number of aromatic carboxylic acids is 1. The number of halogens is 3. The zero-order chi connectivity index (χ0) is 23.8. The lowest BCUT2D eigenvalue weighted by Crippen LogP contribution is -2.19. The first-order valence-corrected chi connectivity index (χ1v) is 9.53. The zero-order valence-corrected chi connectivity index (χ0v) is 17.0. The third-order valence-electron chi connectivity index (χ3n) is 4.88. The van der Waals surface area contributed by atoms with Crippen LogP contribution in [-0.2, 0) is 13.2 Å². The van der Waals surface area contributed by atoms with Gasteiger partial charge in [-0.05, 0) is 35.9 Å². The number of hydrogen-bond acceptors (Lipinski definition) is 4. The number of urea groups is 1. The number of rotatable bonds is 4. The summed E-state index contributed by atoms with van der Waals surface area (Å²) in [5.41, 5.74) is 1.17. The first kappa shape index (κ1) is 21.8. The van der Waals surface area contributed by atoms with Gasteiger partial charge in [0, 0.05) is 35.6 Å². The number of carboxylic acid groups (broad SMARTS) is 1. The third kappa shape index (κ3) is 4.47. The Kier molecular flexibility index (Phi) is 5.46. The Morgan fingerprint density at radius 1 is 1.00 bits per heavy atom. The SMILES string of the molecule is Cn1ncc2c(-c3ccc(NC(=O)Nc4cccc(C(F)(F)F)c4)cc3)cnc(C(=O)O)c21. The smallest absolute Gasteiger partial charge is 0.416 e. The number of nitrogens with one attached hydrogen (secondary N) is 2. The van der Waals surface area contributed by atoms with Crippen molar-refractivity contribution in [2.45, 2.75) is 6.18 Å². The maximum Gasteiger partial charge on any atom is 0.416 e. The van der Waals surface area contributed by atoms with Gasteiger partial charge in [-0.2, -0.15) is 18.3 Å². The topological polar surface area (TPSA) is 109 Å². The molecular weight excluding hydrogens is 439 g/mol. The molecule has 0 aliphatic carbocycles. The van der Waals surface area contributed by atoms with Crippen LogP contribution in [0.5, 0.6) is 0 Å².